The minimum absolute atomic E-state index is 0.0787. The molecule has 1 saturated heterocycles. The Morgan fingerprint density at radius 3 is 2.32 bits per heavy atom. The van der Waals surface area contributed by atoms with Crippen LogP contribution in [0, 0.1) is 6.92 Å². The van der Waals surface area contributed by atoms with E-state index in [1.165, 1.54) is 0 Å². The van der Waals surface area contributed by atoms with Gasteiger partial charge in [-0.15, -0.1) is 0 Å². The molecule has 6 heteroatoms. The van der Waals surface area contributed by atoms with Gasteiger partial charge in [0.25, 0.3) is 0 Å². The number of aryl methyl sites for hydroxylation is 1. The second kappa shape index (κ2) is 7.72. The summed E-state index contributed by atoms with van der Waals surface area (Å²) in [6.07, 6.45) is 1.36. The lowest BCUT2D eigenvalue weighted by Gasteiger charge is -2.21. The van der Waals surface area contributed by atoms with Crippen LogP contribution >= 0.6 is 0 Å². The Morgan fingerprint density at radius 2 is 1.65 bits per heavy atom. The van der Waals surface area contributed by atoms with Gasteiger partial charge in [0, 0.05) is 30.4 Å². The van der Waals surface area contributed by atoms with Gasteiger partial charge in [0.15, 0.2) is 5.43 Å². The van der Waals surface area contributed by atoms with E-state index in [0.717, 1.165) is 29.2 Å². The number of pyridine rings is 2. The van der Waals surface area contributed by atoms with Crippen molar-refractivity contribution in [3.63, 3.8) is 0 Å². The summed E-state index contributed by atoms with van der Waals surface area (Å²) in [4.78, 5) is 32.0. The number of para-hydroxylation sites is 2. The predicted octanol–water partition coefficient (Wildman–Crippen LogP) is 4.56. The number of amides is 1. The summed E-state index contributed by atoms with van der Waals surface area (Å²) >= 11 is 0. The van der Waals surface area contributed by atoms with Crippen molar-refractivity contribution in [1.29, 1.82) is 0 Å². The lowest BCUT2D eigenvalue weighted by molar-refractivity contribution is -0.117. The molecule has 31 heavy (non-hydrogen) atoms. The van der Waals surface area contributed by atoms with Gasteiger partial charge in [0.05, 0.1) is 16.8 Å². The Kier molecular flexibility index (Phi) is 4.75. The fraction of sp³-hybridized carbons (Fsp3) is 0.160. The van der Waals surface area contributed by atoms with E-state index in [1.807, 2.05) is 78.2 Å². The van der Waals surface area contributed by atoms with Crippen molar-refractivity contribution in [1.82, 2.24) is 9.55 Å². The maximum atomic E-state index is 13.1. The smallest absolute Gasteiger partial charge is 0.227 e. The van der Waals surface area contributed by atoms with Gasteiger partial charge in [-0.05, 0) is 43.7 Å². The van der Waals surface area contributed by atoms with Crippen LogP contribution in [0.2, 0.25) is 0 Å². The molecule has 1 aliphatic rings. The lowest BCUT2D eigenvalue weighted by atomic mass is 10.2. The van der Waals surface area contributed by atoms with E-state index in [4.69, 9.17) is 4.98 Å². The van der Waals surface area contributed by atoms with Gasteiger partial charge in [-0.2, -0.15) is 0 Å². The van der Waals surface area contributed by atoms with Crippen LogP contribution in [-0.4, -0.2) is 22.0 Å². The number of hydrogen-bond donors (Lipinski definition) is 1. The van der Waals surface area contributed by atoms with E-state index in [-0.39, 0.29) is 11.3 Å². The Balaban J connectivity index is 1.76. The molecular weight excluding hydrogens is 388 g/mol. The summed E-state index contributed by atoms with van der Waals surface area (Å²) in [6.45, 7) is 2.55. The van der Waals surface area contributed by atoms with Gasteiger partial charge in [-0.25, -0.2) is 4.98 Å². The number of benzene rings is 2. The molecule has 0 spiro atoms. The third-order valence-corrected chi connectivity index (χ3v) is 5.58. The number of hydrogen-bond acceptors (Lipinski definition) is 4. The van der Waals surface area contributed by atoms with Gasteiger partial charge in [-0.3, -0.25) is 14.2 Å². The molecule has 154 valence electrons. The van der Waals surface area contributed by atoms with Crippen LogP contribution in [0.5, 0.6) is 0 Å². The van der Waals surface area contributed by atoms with Crippen LogP contribution in [0.4, 0.5) is 17.2 Å². The van der Waals surface area contributed by atoms with Crippen molar-refractivity contribution in [2.75, 3.05) is 16.8 Å². The summed E-state index contributed by atoms with van der Waals surface area (Å²) in [7, 11) is 0. The van der Waals surface area contributed by atoms with Crippen molar-refractivity contribution < 1.29 is 4.79 Å². The first-order chi connectivity index (χ1) is 15.1. The van der Waals surface area contributed by atoms with E-state index < -0.39 is 0 Å². The van der Waals surface area contributed by atoms with Gasteiger partial charge < -0.3 is 10.2 Å². The standard InChI is InChI=1S/C25H22N4O2/c1-17-21(28-14-8-13-24(28)31)15-20-22(30)16-23(27-18-9-4-2-5-10-18)29(25(20)26-17)19-11-6-3-7-12-19/h2-7,9-12,15-16,27H,8,13-14H2,1H3. The van der Waals surface area contributed by atoms with Crippen LogP contribution in [0.3, 0.4) is 0 Å². The SMILES string of the molecule is Cc1nc2c(cc1N1CCCC1=O)c(=O)cc(Nc1ccccc1)n2-c1ccccc1. The Morgan fingerprint density at radius 1 is 0.935 bits per heavy atom. The maximum absolute atomic E-state index is 13.1. The highest BCUT2D eigenvalue weighted by atomic mass is 16.2. The van der Waals surface area contributed by atoms with E-state index in [2.05, 4.69) is 5.32 Å². The highest BCUT2D eigenvalue weighted by Crippen LogP contribution is 2.30. The molecule has 6 nitrogen and oxygen atoms in total. The summed E-state index contributed by atoms with van der Waals surface area (Å²) in [5, 5.41) is 3.85. The number of aromatic nitrogens is 2. The lowest BCUT2D eigenvalue weighted by Crippen LogP contribution is -2.25. The summed E-state index contributed by atoms with van der Waals surface area (Å²) < 4.78 is 1.95. The number of fused-ring (bicyclic) bond motifs is 1. The molecule has 5 rings (SSSR count). The van der Waals surface area contributed by atoms with E-state index in [9.17, 15) is 9.59 Å². The van der Waals surface area contributed by atoms with Crippen LogP contribution in [0.1, 0.15) is 18.5 Å². The molecule has 2 aromatic carbocycles. The molecule has 0 aliphatic carbocycles. The molecule has 1 aliphatic heterocycles. The first kappa shape index (κ1) is 19.1. The van der Waals surface area contributed by atoms with Crippen molar-refractivity contribution in [2.45, 2.75) is 19.8 Å². The zero-order chi connectivity index (χ0) is 21.4. The molecule has 0 unspecified atom stereocenters. The molecule has 2 aromatic heterocycles. The van der Waals surface area contributed by atoms with Crippen LogP contribution in [0.15, 0.2) is 77.6 Å². The fourth-order valence-electron chi connectivity index (χ4n) is 4.09. The zero-order valence-corrected chi connectivity index (χ0v) is 17.2. The maximum Gasteiger partial charge on any atom is 0.227 e. The van der Waals surface area contributed by atoms with Crippen LogP contribution < -0.4 is 15.6 Å². The first-order valence-corrected chi connectivity index (χ1v) is 10.4. The summed E-state index contributed by atoms with van der Waals surface area (Å²) in [5.74, 6) is 0.710. The number of carbonyl (C=O) groups is 1. The normalized spacial score (nSPS) is 13.7. The molecule has 3 heterocycles. The third kappa shape index (κ3) is 3.46. The monoisotopic (exact) mass is 410 g/mol. The molecular formula is C25H22N4O2. The van der Waals surface area contributed by atoms with Gasteiger partial charge >= 0.3 is 0 Å². The minimum atomic E-state index is -0.138. The Labute approximate surface area is 179 Å². The summed E-state index contributed by atoms with van der Waals surface area (Å²) in [6, 6.07) is 23.0. The largest absolute Gasteiger partial charge is 0.341 e. The molecule has 1 N–H and O–H groups in total. The minimum Gasteiger partial charge on any atom is -0.341 e. The van der Waals surface area contributed by atoms with E-state index in [0.29, 0.717) is 29.8 Å². The number of carbonyl (C=O) groups excluding carboxylic acids is 1. The van der Waals surface area contributed by atoms with Crippen molar-refractivity contribution in [2.24, 2.45) is 0 Å². The molecule has 1 amide bonds. The molecule has 1 fully saturated rings. The van der Waals surface area contributed by atoms with Crippen molar-refractivity contribution >= 4 is 34.1 Å². The topological polar surface area (TPSA) is 67.2 Å². The first-order valence-electron chi connectivity index (χ1n) is 10.4. The molecule has 4 aromatic rings. The quantitative estimate of drug-likeness (QED) is 0.535. The number of nitrogens with zero attached hydrogens (tertiary/aromatic N) is 3. The van der Waals surface area contributed by atoms with Crippen molar-refractivity contribution in [3.05, 3.63) is 88.7 Å². The molecule has 0 atom stereocenters. The summed E-state index contributed by atoms with van der Waals surface area (Å²) in [5.41, 5.74) is 3.63. The highest BCUT2D eigenvalue weighted by Gasteiger charge is 2.25. The second-order valence-electron chi connectivity index (χ2n) is 7.67. The van der Waals surface area contributed by atoms with E-state index in [1.54, 1.807) is 11.0 Å². The Hall–Kier alpha value is -3.93. The van der Waals surface area contributed by atoms with Crippen LogP contribution in [0.25, 0.3) is 16.7 Å². The van der Waals surface area contributed by atoms with Gasteiger partial charge in [-0.1, -0.05) is 36.4 Å². The number of nitrogens with one attached hydrogen (secondary N) is 1. The van der Waals surface area contributed by atoms with E-state index >= 15 is 0 Å². The number of rotatable bonds is 4. The Bertz CT molecular complexity index is 1330. The van der Waals surface area contributed by atoms with Crippen molar-refractivity contribution in [3.8, 4) is 5.69 Å². The number of anilines is 3. The second-order valence-corrected chi connectivity index (χ2v) is 7.67. The highest BCUT2D eigenvalue weighted by molar-refractivity contribution is 5.98. The predicted molar refractivity (Wildman–Crippen MR) is 123 cm³/mol. The molecule has 0 radical (unpaired) electrons. The van der Waals surface area contributed by atoms with Crippen LogP contribution in [-0.2, 0) is 4.79 Å². The third-order valence-electron chi connectivity index (χ3n) is 5.58. The average molecular weight is 410 g/mol. The van der Waals surface area contributed by atoms with Gasteiger partial charge in [0.2, 0.25) is 5.91 Å². The average Bonchev–Trinajstić information content (AvgIpc) is 3.20. The zero-order valence-electron chi connectivity index (χ0n) is 17.2. The fourth-order valence-corrected chi connectivity index (χ4v) is 4.09. The van der Waals surface area contributed by atoms with Gasteiger partial charge in [0.1, 0.15) is 11.5 Å². The molecule has 0 bridgehead atoms. The molecule has 0 saturated carbocycles.